The maximum atomic E-state index is 12.8. The van der Waals surface area contributed by atoms with Gasteiger partial charge in [0, 0.05) is 12.3 Å². The number of aromatic nitrogens is 3. The summed E-state index contributed by atoms with van der Waals surface area (Å²) >= 11 is 0. The first-order valence-electron chi connectivity index (χ1n) is 7.69. The molecule has 0 saturated heterocycles. The van der Waals surface area contributed by atoms with Crippen molar-refractivity contribution in [3.05, 3.63) is 41.5 Å². The van der Waals surface area contributed by atoms with Crippen LogP contribution < -0.4 is 10.1 Å². The number of hydrogen-bond acceptors (Lipinski definition) is 4. The van der Waals surface area contributed by atoms with E-state index >= 15 is 0 Å². The van der Waals surface area contributed by atoms with Crippen LogP contribution in [0.25, 0.3) is 0 Å². The molecule has 0 radical (unpaired) electrons. The summed E-state index contributed by atoms with van der Waals surface area (Å²) in [6.45, 7) is 2.21. The summed E-state index contributed by atoms with van der Waals surface area (Å²) < 4.78 is 18.4. The Morgan fingerprint density at radius 1 is 1.39 bits per heavy atom. The average molecular weight is 318 g/mol. The van der Waals surface area contributed by atoms with Gasteiger partial charge in [-0.05, 0) is 44.0 Å². The summed E-state index contributed by atoms with van der Waals surface area (Å²) in [6, 6.07) is 5.69. The quantitative estimate of drug-likeness (QED) is 0.878. The summed E-state index contributed by atoms with van der Waals surface area (Å²) in [6.07, 6.45) is 2.16. The van der Waals surface area contributed by atoms with E-state index in [0.717, 1.165) is 24.2 Å². The number of nitrogens with zero attached hydrogens (tertiary/aromatic N) is 2. The first-order chi connectivity index (χ1) is 11.1. The zero-order valence-corrected chi connectivity index (χ0v) is 12.9. The predicted octanol–water partition coefficient (Wildman–Crippen LogP) is 1.63. The molecule has 23 heavy (non-hydrogen) atoms. The molecule has 0 bridgehead atoms. The Bertz CT molecular complexity index is 671. The van der Waals surface area contributed by atoms with Crippen molar-refractivity contribution in [2.45, 2.75) is 32.2 Å². The molecule has 3 rings (SSSR count). The highest BCUT2D eigenvalue weighted by Crippen LogP contribution is 2.22. The van der Waals surface area contributed by atoms with Crippen LogP contribution in [0.3, 0.4) is 0 Å². The number of H-pyrrole nitrogens is 1. The van der Waals surface area contributed by atoms with Crippen LogP contribution in [-0.4, -0.2) is 34.0 Å². The highest BCUT2D eigenvalue weighted by molar-refractivity contribution is 5.79. The Morgan fingerprint density at radius 3 is 2.91 bits per heavy atom. The van der Waals surface area contributed by atoms with Crippen LogP contribution in [0.4, 0.5) is 4.39 Å². The second-order valence-electron chi connectivity index (χ2n) is 5.83. The molecule has 0 saturated carbocycles. The van der Waals surface area contributed by atoms with Crippen LogP contribution in [0.15, 0.2) is 24.3 Å². The van der Waals surface area contributed by atoms with Crippen molar-refractivity contribution >= 4 is 5.91 Å². The van der Waals surface area contributed by atoms with E-state index in [0.29, 0.717) is 18.8 Å². The Balaban J connectivity index is 1.47. The molecular formula is C16H19FN4O2. The zero-order chi connectivity index (χ0) is 16.2. The van der Waals surface area contributed by atoms with Crippen LogP contribution in [0.5, 0.6) is 5.75 Å². The lowest BCUT2D eigenvalue weighted by Gasteiger charge is -2.22. The number of rotatable bonds is 5. The number of aromatic amines is 1. The monoisotopic (exact) mass is 318 g/mol. The van der Waals surface area contributed by atoms with Crippen molar-refractivity contribution in [1.82, 2.24) is 20.7 Å². The minimum atomic E-state index is -0.303. The second kappa shape index (κ2) is 6.76. The molecule has 1 aliphatic carbocycles. The molecule has 0 spiro atoms. The van der Waals surface area contributed by atoms with Gasteiger partial charge >= 0.3 is 0 Å². The molecule has 2 aromatic rings. The van der Waals surface area contributed by atoms with Crippen molar-refractivity contribution in [3.8, 4) is 5.75 Å². The summed E-state index contributed by atoms with van der Waals surface area (Å²) in [4.78, 5) is 12.3. The summed E-state index contributed by atoms with van der Waals surface area (Å²) in [7, 11) is 0. The number of aryl methyl sites for hydroxylation is 1. The number of halogens is 1. The highest BCUT2D eigenvalue weighted by Gasteiger charge is 2.27. The third-order valence-electron chi connectivity index (χ3n) is 3.95. The zero-order valence-electron chi connectivity index (χ0n) is 12.9. The predicted molar refractivity (Wildman–Crippen MR) is 81.4 cm³/mol. The molecule has 0 unspecified atom stereocenters. The van der Waals surface area contributed by atoms with Crippen LogP contribution in [0.2, 0.25) is 0 Å². The van der Waals surface area contributed by atoms with Crippen molar-refractivity contribution in [3.63, 3.8) is 0 Å². The Kier molecular flexibility index (Phi) is 4.55. The lowest BCUT2D eigenvalue weighted by Crippen LogP contribution is -2.42. The topological polar surface area (TPSA) is 79.9 Å². The van der Waals surface area contributed by atoms with Crippen LogP contribution in [0.1, 0.15) is 24.7 Å². The maximum absolute atomic E-state index is 12.8. The summed E-state index contributed by atoms with van der Waals surface area (Å²) in [5.41, 5.74) is 1.84. The van der Waals surface area contributed by atoms with Gasteiger partial charge in [0.2, 0.25) is 5.91 Å². The van der Waals surface area contributed by atoms with Crippen LogP contribution >= 0.6 is 0 Å². The Hall–Kier alpha value is -2.44. The molecule has 1 heterocycles. The molecule has 1 amide bonds. The van der Waals surface area contributed by atoms with Gasteiger partial charge in [-0.25, -0.2) is 4.39 Å². The fraction of sp³-hybridized carbons (Fsp3) is 0.438. The molecule has 1 aromatic carbocycles. The van der Waals surface area contributed by atoms with Gasteiger partial charge in [0.15, 0.2) is 0 Å². The lowest BCUT2D eigenvalue weighted by molar-refractivity contribution is -0.126. The molecule has 2 N–H and O–H groups in total. The number of ether oxygens (including phenoxy) is 1. The molecule has 1 aromatic heterocycles. The fourth-order valence-electron chi connectivity index (χ4n) is 2.66. The van der Waals surface area contributed by atoms with Gasteiger partial charge in [0.1, 0.15) is 18.2 Å². The van der Waals surface area contributed by atoms with Gasteiger partial charge in [-0.2, -0.15) is 15.4 Å². The third kappa shape index (κ3) is 3.85. The molecule has 6 nitrogen and oxygen atoms in total. The van der Waals surface area contributed by atoms with E-state index in [1.807, 2.05) is 6.92 Å². The number of hydrogen-bond donors (Lipinski definition) is 2. The third-order valence-corrected chi connectivity index (χ3v) is 3.95. The van der Waals surface area contributed by atoms with Gasteiger partial charge in [-0.3, -0.25) is 4.79 Å². The minimum absolute atomic E-state index is 0.00820. The van der Waals surface area contributed by atoms with E-state index in [4.69, 9.17) is 4.74 Å². The Labute approximate surface area is 133 Å². The maximum Gasteiger partial charge on any atom is 0.223 e. The number of benzene rings is 1. The van der Waals surface area contributed by atoms with Gasteiger partial charge in [-0.15, -0.1) is 0 Å². The van der Waals surface area contributed by atoms with E-state index in [1.54, 1.807) is 12.1 Å². The summed E-state index contributed by atoms with van der Waals surface area (Å²) in [5.74, 6) is 0.204. The van der Waals surface area contributed by atoms with Crippen molar-refractivity contribution in [1.29, 1.82) is 0 Å². The molecule has 1 aliphatic rings. The van der Waals surface area contributed by atoms with Crippen LogP contribution in [0, 0.1) is 11.7 Å². The largest absolute Gasteiger partial charge is 0.491 e. The summed E-state index contributed by atoms with van der Waals surface area (Å²) in [5, 5.41) is 13.7. The first kappa shape index (κ1) is 15.5. The highest BCUT2D eigenvalue weighted by atomic mass is 19.1. The van der Waals surface area contributed by atoms with Gasteiger partial charge in [-0.1, -0.05) is 0 Å². The SMILES string of the molecule is C[C@@H](COc1ccc(F)cc1)NC(=O)[C@@H]1CCc2n[nH]nc2C1. The Morgan fingerprint density at radius 2 is 2.13 bits per heavy atom. The van der Waals surface area contributed by atoms with Crippen LogP contribution in [-0.2, 0) is 17.6 Å². The van der Waals surface area contributed by atoms with E-state index in [2.05, 4.69) is 20.7 Å². The van der Waals surface area contributed by atoms with Gasteiger partial charge in [0.05, 0.1) is 17.4 Å². The molecule has 0 fully saturated rings. The lowest BCUT2D eigenvalue weighted by atomic mass is 9.89. The first-order valence-corrected chi connectivity index (χ1v) is 7.69. The number of nitrogens with one attached hydrogen (secondary N) is 2. The fourth-order valence-corrected chi connectivity index (χ4v) is 2.66. The van der Waals surface area contributed by atoms with Crippen molar-refractivity contribution in [2.75, 3.05) is 6.61 Å². The molecule has 7 heteroatoms. The molecule has 122 valence electrons. The molecule has 2 atom stereocenters. The van der Waals surface area contributed by atoms with Crippen molar-refractivity contribution in [2.24, 2.45) is 5.92 Å². The van der Waals surface area contributed by atoms with Gasteiger partial charge in [0.25, 0.3) is 0 Å². The van der Waals surface area contributed by atoms with E-state index in [9.17, 15) is 9.18 Å². The number of carbonyl (C=O) groups is 1. The standard InChI is InChI=1S/C16H19FN4O2/c1-10(9-23-13-5-3-12(17)4-6-13)18-16(22)11-2-7-14-15(8-11)20-21-19-14/h3-6,10-11H,2,7-9H2,1H3,(H,18,22)(H,19,20,21)/t10-,11+/m0/s1. The molecule has 0 aliphatic heterocycles. The number of fused-ring (bicyclic) bond motifs is 1. The van der Waals surface area contributed by atoms with E-state index in [1.165, 1.54) is 12.1 Å². The smallest absolute Gasteiger partial charge is 0.223 e. The number of amides is 1. The van der Waals surface area contributed by atoms with E-state index < -0.39 is 0 Å². The van der Waals surface area contributed by atoms with Crippen molar-refractivity contribution < 1.29 is 13.9 Å². The molecular weight excluding hydrogens is 299 g/mol. The minimum Gasteiger partial charge on any atom is -0.491 e. The van der Waals surface area contributed by atoms with Gasteiger partial charge < -0.3 is 10.1 Å². The average Bonchev–Trinajstić information content (AvgIpc) is 3.02. The normalized spacial score (nSPS) is 18.1. The number of carbonyl (C=O) groups excluding carboxylic acids is 1. The van der Waals surface area contributed by atoms with E-state index in [-0.39, 0.29) is 23.7 Å². The second-order valence-corrected chi connectivity index (χ2v) is 5.83.